The fourth-order valence-corrected chi connectivity index (χ4v) is 4.33. The van der Waals surface area contributed by atoms with Crippen LogP contribution in [0.2, 0.25) is 10.0 Å². The molecule has 0 saturated carbocycles. The molecule has 0 atom stereocenters. The van der Waals surface area contributed by atoms with E-state index in [9.17, 15) is 4.79 Å². The van der Waals surface area contributed by atoms with Gasteiger partial charge < -0.3 is 0 Å². The highest BCUT2D eigenvalue weighted by Crippen LogP contribution is 2.36. The highest BCUT2D eigenvalue weighted by atomic mass is 35.5. The van der Waals surface area contributed by atoms with E-state index in [0.717, 1.165) is 21.4 Å². The summed E-state index contributed by atoms with van der Waals surface area (Å²) < 4.78 is 0.871. The summed E-state index contributed by atoms with van der Waals surface area (Å²) in [5, 5.41) is 6.08. The first kappa shape index (κ1) is 19.9. The minimum absolute atomic E-state index is 0.0958. The highest BCUT2D eigenvalue weighted by Gasteiger charge is 2.17. The van der Waals surface area contributed by atoms with Gasteiger partial charge in [0.25, 0.3) is 5.91 Å². The minimum atomic E-state index is -0.331. The van der Waals surface area contributed by atoms with Crippen LogP contribution in [0.3, 0.4) is 0 Å². The molecular weight excluding hydrogens is 399 g/mol. The normalized spacial score (nSPS) is 12.4. The van der Waals surface area contributed by atoms with Gasteiger partial charge in [0.15, 0.2) is 0 Å². The van der Waals surface area contributed by atoms with Crippen molar-refractivity contribution in [3.8, 4) is 0 Å². The van der Waals surface area contributed by atoms with Crippen molar-refractivity contribution < 1.29 is 4.79 Å². The van der Waals surface area contributed by atoms with Gasteiger partial charge in [-0.1, -0.05) is 74.3 Å². The van der Waals surface area contributed by atoms with Crippen LogP contribution in [0.15, 0.2) is 47.6 Å². The van der Waals surface area contributed by atoms with E-state index in [4.69, 9.17) is 23.2 Å². The maximum Gasteiger partial charge on any atom is 0.283 e. The maximum absolute atomic E-state index is 12.5. The SMILES string of the molecule is C/C(=N\NC(=O)c1sc2cc(Cl)ccc2c1Cl)c1ccc(C(C)(C)C)cc1. The van der Waals surface area contributed by atoms with Gasteiger partial charge in [0.05, 0.1) is 10.7 Å². The summed E-state index contributed by atoms with van der Waals surface area (Å²) in [4.78, 5) is 12.9. The average molecular weight is 419 g/mol. The number of carbonyl (C=O) groups is 1. The Balaban J connectivity index is 1.79. The number of hydrazone groups is 1. The third kappa shape index (κ3) is 4.34. The molecule has 0 aliphatic carbocycles. The van der Waals surface area contributed by atoms with E-state index in [1.54, 1.807) is 12.1 Å². The van der Waals surface area contributed by atoms with E-state index in [0.29, 0.717) is 14.9 Å². The molecule has 1 amide bonds. The number of benzene rings is 2. The lowest BCUT2D eigenvalue weighted by atomic mass is 9.86. The Morgan fingerprint density at radius 2 is 1.74 bits per heavy atom. The van der Waals surface area contributed by atoms with Gasteiger partial charge in [0.2, 0.25) is 0 Å². The topological polar surface area (TPSA) is 41.5 Å². The lowest BCUT2D eigenvalue weighted by Gasteiger charge is -2.19. The van der Waals surface area contributed by atoms with E-state index in [1.165, 1.54) is 16.9 Å². The molecule has 3 nitrogen and oxygen atoms in total. The third-order valence-corrected chi connectivity index (χ3v) is 6.18. The van der Waals surface area contributed by atoms with Crippen LogP contribution in [0.25, 0.3) is 10.1 Å². The van der Waals surface area contributed by atoms with Crippen LogP contribution in [0.1, 0.15) is 48.5 Å². The van der Waals surface area contributed by atoms with Crippen molar-refractivity contribution in [1.82, 2.24) is 5.43 Å². The first-order valence-electron chi connectivity index (χ1n) is 8.50. The lowest BCUT2D eigenvalue weighted by Crippen LogP contribution is -2.18. The second-order valence-corrected chi connectivity index (χ2v) is 9.22. The number of carbonyl (C=O) groups excluding carboxylic acids is 1. The second-order valence-electron chi connectivity index (χ2n) is 7.35. The Morgan fingerprint density at radius 3 is 2.37 bits per heavy atom. The summed E-state index contributed by atoms with van der Waals surface area (Å²) in [5.74, 6) is -0.331. The van der Waals surface area contributed by atoms with Crippen molar-refractivity contribution >= 4 is 56.2 Å². The van der Waals surface area contributed by atoms with Gasteiger partial charge in [-0.05, 0) is 35.6 Å². The molecule has 140 valence electrons. The molecule has 0 radical (unpaired) electrons. The molecule has 0 bridgehead atoms. The Bertz CT molecular complexity index is 1030. The van der Waals surface area contributed by atoms with Crippen LogP contribution < -0.4 is 5.43 Å². The number of thiophene rings is 1. The summed E-state index contributed by atoms with van der Waals surface area (Å²) in [6.45, 7) is 8.37. The van der Waals surface area contributed by atoms with Crippen molar-refractivity contribution in [3.63, 3.8) is 0 Å². The van der Waals surface area contributed by atoms with Crippen LogP contribution in [0, 0.1) is 0 Å². The smallest absolute Gasteiger partial charge is 0.266 e. The molecule has 0 saturated heterocycles. The van der Waals surface area contributed by atoms with Crippen LogP contribution in [0.5, 0.6) is 0 Å². The van der Waals surface area contributed by atoms with Crippen molar-refractivity contribution in [2.75, 3.05) is 0 Å². The predicted molar refractivity (Wildman–Crippen MR) is 117 cm³/mol. The Morgan fingerprint density at radius 1 is 1.07 bits per heavy atom. The van der Waals surface area contributed by atoms with Gasteiger partial charge in [-0.15, -0.1) is 11.3 Å². The number of fused-ring (bicyclic) bond motifs is 1. The molecule has 0 aliphatic rings. The van der Waals surface area contributed by atoms with E-state index < -0.39 is 0 Å². The molecule has 27 heavy (non-hydrogen) atoms. The van der Waals surface area contributed by atoms with Crippen molar-refractivity contribution in [1.29, 1.82) is 0 Å². The highest BCUT2D eigenvalue weighted by molar-refractivity contribution is 7.21. The summed E-state index contributed by atoms with van der Waals surface area (Å²) in [5.41, 5.74) is 5.63. The summed E-state index contributed by atoms with van der Waals surface area (Å²) in [6, 6.07) is 13.6. The van der Waals surface area contributed by atoms with Crippen LogP contribution in [0.4, 0.5) is 0 Å². The summed E-state index contributed by atoms with van der Waals surface area (Å²) in [6.07, 6.45) is 0. The fraction of sp³-hybridized carbons (Fsp3) is 0.238. The fourth-order valence-electron chi connectivity index (χ4n) is 2.65. The van der Waals surface area contributed by atoms with Crippen molar-refractivity contribution in [2.24, 2.45) is 5.10 Å². The van der Waals surface area contributed by atoms with Gasteiger partial charge in [-0.2, -0.15) is 5.10 Å². The summed E-state index contributed by atoms with van der Waals surface area (Å²) >= 11 is 13.7. The molecule has 0 spiro atoms. The molecule has 1 aromatic heterocycles. The molecule has 3 aromatic rings. The predicted octanol–water partition coefficient (Wildman–Crippen LogP) is 6.66. The lowest BCUT2D eigenvalue weighted by molar-refractivity contribution is 0.0959. The second kappa shape index (κ2) is 7.63. The molecule has 1 N–H and O–H groups in total. The van der Waals surface area contributed by atoms with Crippen LogP contribution in [-0.2, 0) is 5.41 Å². The number of hydrogen-bond acceptors (Lipinski definition) is 3. The monoisotopic (exact) mass is 418 g/mol. The van der Waals surface area contributed by atoms with Crippen LogP contribution in [-0.4, -0.2) is 11.6 Å². The Labute approximate surface area is 173 Å². The third-order valence-electron chi connectivity index (χ3n) is 4.29. The minimum Gasteiger partial charge on any atom is -0.266 e. The molecule has 6 heteroatoms. The number of halogens is 2. The van der Waals surface area contributed by atoms with Crippen molar-refractivity contribution in [3.05, 3.63) is 68.5 Å². The van der Waals surface area contributed by atoms with E-state index in [1.807, 2.05) is 25.1 Å². The molecule has 1 heterocycles. The number of nitrogens with zero attached hydrogens (tertiary/aromatic N) is 1. The number of hydrogen-bond donors (Lipinski definition) is 1. The van der Waals surface area contributed by atoms with Gasteiger partial charge in [0, 0.05) is 15.1 Å². The maximum atomic E-state index is 12.5. The van der Waals surface area contributed by atoms with Gasteiger partial charge in [-0.3, -0.25) is 4.79 Å². The Kier molecular flexibility index (Phi) is 5.61. The number of rotatable bonds is 3. The standard InChI is InChI=1S/C21H20Cl2N2OS/c1-12(13-5-7-14(8-6-13)21(2,3)4)24-25-20(26)19-18(23)16-10-9-15(22)11-17(16)27-19/h5-11H,1-4H3,(H,25,26)/b24-12+. The number of nitrogens with one attached hydrogen (secondary N) is 1. The molecule has 0 unspecified atom stereocenters. The van der Waals surface area contributed by atoms with Gasteiger partial charge >= 0.3 is 0 Å². The molecule has 0 fully saturated rings. The largest absolute Gasteiger partial charge is 0.283 e. The number of amides is 1. The zero-order valence-corrected chi connectivity index (χ0v) is 17.9. The Hall–Kier alpha value is -1.88. The van der Waals surface area contributed by atoms with Crippen molar-refractivity contribution in [2.45, 2.75) is 33.1 Å². The van der Waals surface area contributed by atoms with E-state index in [-0.39, 0.29) is 11.3 Å². The van der Waals surface area contributed by atoms with E-state index in [2.05, 4.69) is 43.4 Å². The average Bonchev–Trinajstić information content (AvgIpc) is 2.94. The zero-order valence-electron chi connectivity index (χ0n) is 15.6. The quantitative estimate of drug-likeness (QED) is 0.374. The summed E-state index contributed by atoms with van der Waals surface area (Å²) in [7, 11) is 0. The van der Waals surface area contributed by atoms with E-state index >= 15 is 0 Å². The first-order chi connectivity index (χ1) is 12.7. The molecule has 3 rings (SSSR count). The zero-order chi connectivity index (χ0) is 19.8. The molecular formula is C21H20Cl2N2OS. The molecule has 0 aliphatic heterocycles. The molecule has 2 aromatic carbocycles. The first-order valence-corrected chi connectivity index (χ1v) is 10.1. The van der Waals surface area contributed by atoms with Gasteiger partial charge in [0.1, 0.15) is 4.88 Å². The van der Waals surface area contributed by atoms with Crippen LogP contribution >= 0.6 is 34.5 Å². The van der Waals surface area contributed by atoms with Gasteiger partial charge in [-0.25, -0.2) is 5.43 Å².